The number of nitrogens with zero attached hydrogens (tertiary/aromatic N) is 1. The number of aromatic hydroxyl groups is 2. The van der Waals surface area contributed by atoms with Crippen LogP contribution in [0.15, 0.2) is 58.3 Å². The van der Waals surface area contributed by atoms with E-state index in [0.717, 1.165) is 9.79 Å². The SMILES string of the molecule is Oc1ccccc1Sc1ccccc1O.[N].[Ni]. The van der Waals surface area contributed by atoms with Gasteiger partial charge in [0.1, 0.15) is 11.5 Å². The Kier molecular flexibility index (Phi) is 6.73. The van der Waals surface area contributed by atoms with Crippen LogP contribution in [0.2, 0.25) is 0 Å². The molecule has 0 aliphatic heterocycles. The zero-order valence-corrected chi connectivity index (χ0v) is 10.5. The van der Waals surface area contributed by atoms with Crippen molar-refractivity contribution < 1.29 is 26.7 Å². The Morgan fingerprint density at radius 1 is 0.706 bits per heavy atom. The molecule has 0 bridgehead atoms. The minimum atomic E-state index is 0. The summed E-state index contributed by atoms with van der Waals surface area (Å²) in [7, 11) is 0. The molecule has 2 aromatic carbocycles. The third-order valence-corrected chi connectivity index (χ3v) is 3.08. The first kappa shape index (κ1) is 15.8. The van der Waals surface area contributed by atoms with Crippen LogP contribution >= 0.6 is 11.8 Å². The van der Waals surface area contributed by atoms with Gasteiger partial charge in [-0.25, -0.2) is 0 Å². The number of benzene rings is 2. The van der Waals surface area contributed by atoms with E-state index in [1.165, 1.54) is 11.8 Å². The molecule has 0 heterocycles. The predicted molar refractivity (Wildman–Crippen MR) is 62.5 cm³/mol. The van der Waals surface area contributed by atoms with Gasteiger partial charge in [-0.1, -0.05) is 36.0 Å². The van der Waals surface area contributed by atoms with E-state index in [4.69, 9.17) is 0 Å². The molecule has 3 nitrogen and oxygen atoms in total. The summed E-state index contributed by atoms with van der Waals surface area (Å²) >= 11 is 1.34. The number of para-hydroxylation sites is 2. The molecule has 0 saturated heterocycles. The van der Waals surface area contributed by atoms with Crippen LogP contribution in [0.4, 0.5) is 0 Å². The summed E-state index contributed by atoms with van der Waals surface area (Å²) in [6, 6.07) is 14.1. The normalized spacial score (nSPS) is 8.94. The van der Waals surface area contributed by atoms with Gasteiger partial charge in [-0.3, -0.25) is 0 Å². The molecule has 0 fully saturated rings. The molecular formula is C12H10NNiO2S. The van der Waals surface area contributed by atoms with Crippen LogP contribution in [0, 0.1) is 0 Å². The van der Waals surface area contributed by atoms with E-state index in [2.05, 4.69) is 0 Å². The van der Waals surface area contributed by atoms with Crippen LogP contribution < -0.4 is 6.15 Å². The van der Waals surface area contributed by atoms with Crippen molar-refractivity contribution in [1.82, 2.24) is 6.15 Å². The Hall–Kier alpha value is -1.16. The van der Waals surface area contributed by atoms with E-state index in [1.807, 2.05) is 24.3 Å². The largest absolute Gasteiger partial charge is 0.507 e. The fraction of sp³-hybridized carbons (Fsp3) is 0. The minimum absolute atomic E-state index is 0. The van der Waals surface area contributed by atoms with Crippen molar-refractivity contribution in [2.45, 2.75) is 9.79 Å². The van der Waals surface area contributed by atoms with Crippen molar-refractivity contribution >= 4 is 11.8 Å². The van der Waals surface area contributed by atoms with Gasteiger partial charge in [-0.2, -0.15) is 0 Å². The molecule has 0 aliphatic rings. The first-order valence-electron chi connectivity index (χ1n) is 4.51. The summed E-state index contributed by atoms with van der Waals surface area (Å²) in [5.74, 6) is 0.455. The minimum Gasteiger partial charge on any atom is -0.507 e. The Bertz CT molecular complexity index is 436. The van der Waals surface area contributed by atoms with Crippen molar-refractivity contribution in [3.8, 4) is 11.5 Å². The monoisotopic (exact) mass is 290 g/mol. The predicted octanol–water partition coefficient (Wildman–Crippen LogP) is 2.77. The molecule has 0 amide bonds. The second-order valence-corrected chi connectivity index (χ2v) is 4.12. The second-order valence-electron chi connectivity index (χ2n) is 3.04. The molecule has 0 aliphatic carbocycles. The average molecular weight is 291 g/mol. The van der Waals surface area contributed by atoms with Crippen molar-refractivity contribution in [1.29, 1.82) is 0 Å². The fourth-order valence-electron chi connectivity index (χ4n) is 1.21. The van der Waals surface area contributed by atoms with E-state index in [-0.39, 0.29) is 34.1 Å². The van der Waals surface area contributed by atoms with Gasteiger partial charge in [-0.15, -0.1) is 0 Å². The number of hydrogen-bond acceptors (Lipinski definition) is 3. The summed E-state index contributed by atoms with van der Waals surface area (Å²) in [6.45, 7) is 0. The van der Waals surface area contributed by atoms with E-state index in [1.54, 1.807) is 24.3 Å². The molecular weight excluding hydrogens is 281 g/mol. The summed E-state index contributed by atoms with van der Waals surface area (Å²) < 4.78 is 0. The molecule has 0 aromatic heterocycles. The maximum Gasteiger partial charge on any atom is 0.129 e. The van der Waals surface area contributed by atoms with Gasteiger partial charge in [0.05, 0.1) is 9.79 Å². The quantitative estimate of drug-likeness (QED) is 0.836. The van der Waals surface area contributed by atoms with Crippen LogP contribution in [0.1, 0.15) is 0 Å². The van der Waals surface area contributed by atoms with Crippen molar-refractivity contribution in [3.63, 3.8) is 0 Å². The number of phenolic OH excluding ortho intramolecular Hbond substituents is 2. The Morgan fingerprint density at radius 3 is 1.41 bits per heavy atom. The first-order chi connectivity index (χ1) is 7.27. The van der Waals surface area contributed by atoms with E-state index < -0.39 is 0 Å². The van der Waals surface area contributed by atoms with Crippen LogP contribution in [-0.4, -0.2) is 10.2 Å². The topological polar surface area (TPSA) is 71.0 Å². The summed E-state index contributed by atoms with van der Waals surface area (Å²) in [6.07, 6.45) is 0. The fourth-order valence-corrected chi connectivity index (χ4v) is 2.08. The first-order valence-corrected chi connectivity index (χ1v) is 5.33. The molecule has 0 unspecified atom stereocenters. The maximum absolute atomic E-state index is 9.56. The Labute approximate surface area is 114 Å². The third-order valence-electron chi connectivity index (χ3n) is 1.95. The summed E-state index contributed by atoms with van der Waals surface area (Å²) in [4.78, 5) is 1.47. The van der Waals surface area contributed by atoms with Crippen molar-refractivity contribution in [2.75, 3.05) is 0 Å². The van der Waals surface area contributed by atoms with Gasteiger partial charge in [0, 0.05) is 22.6 Å². The Morgan fingerprint density at radius 2 is 1.06 bits per heavy atom. The molecule has 17 heavy (non-hydrogen) atoms. The molecule has 0 saturated carbocycles. The summed E-state index contributed by atoms with van der Waals surface area (Å²) in [5.41, 5.74) is 0. The number of hydrogen-bond donors (Lipinski definition) is 2. The zero-order valence-electron chi connectivity index (χ0n) is 8.68. The van der Waals surface area contributed by atoms with Gasteiger partial charge < -0.3 is 10.2 Å². The molecule has 0 atom stereocenters. The molecule has 0 spiro atoms. The molecule has 91 valence electrons. The molecule has 3 radical (unpaired) electrons. The summed E-state index contributed by atoms with van der Waals surface area (Å²) in [5, 5.41) is 19.1. The van der Waals surface area contributed by atoms with Gasteiger partial charge >= 0.3 is 0 Å². The second kappa shape index (κ2) is 7.22. The average Bonchev–Trinajstić information content (AvgIpc) is 2.24. The van der Waals surface area contributed by atoms with E-state index in [9.17, 15) is 10.2 Å². The van der Waals surface area contributed by atoms with Gasteiger partial charge in [0.25, 0.3) is 0 Å². The van der Waals surface area contributed by atoms with Gasteiger partial charge in [0.2, 0.25) is 0 Å². The molecule has 2 N–H and O–H groups in total. The zero-order chi connectivity index (χ0) is 10.7. The van der Waals surface area contributed by atoms with Crippen LogP contribution in [-0.2, 0) is 16.5 Å². The van der Waals surface area contributed by atoms with Crippen LogP contribution in [0.25, 0.3) is 0 Å². The van der Waals surface area contributed by atoms with Gasteiger partial charge in [0.15, 0.2) is 0 Å². The Balaban J connectivity index is 0.00000128. The van der Waals surface area contributed by atoms with Crippen molar-refractivity contribution in [3.05, 3.63) is 48.5 Å². The van der Waals surface area contributed by atoms with Crippen molar-refractivity contribution in [2.24, 2.45) is 0 Å². The van der Waals surface area contributed by atoms with E-state index in [0.29, 0.717) is 0 Å². The standard InChI is InChI=1S/C12H10O2S.N.Ni/c13-9-5-1-3-7-11(9)15-12-8-4-2-6-10(12)14;;/h1-8,13-14H;;. The van der Waals surface area contributed by atoms with E-state index >= 15 is 0 Å². The van der Waals surface area contributed by atoms with Crippen LogP contribution in [0.3, 0.4) is 0 Å². The molecule has 2 rings (SSSR count). The maximum atomic E-state index is 9.56. The number of rotatable bonds is 2. The molecule has 5 heteroatoms. The third kappa shape index (κ3) is 3.97. The van der Waals surface area contributed by atoms with Gasteiger partial charge in [-0.05, 0) is 24.3 Å². The number of phenols is 2. The molecule has 2 aromatic rings. The smallest absolute Gasteiger partial charge is 0.129 e. The van der Waals surface area contributed by atoms with Crippen LogP contribution in [0.5, 0.6) is 11.5 Å².